The molecule has 0 spiro atoms. The van der Waals surface area contributed by atoms with Crippen molar-refractivity contribution < 1.29 is 9.59 Å². The van der Waals surface area contributed by atoms with Crippen molar-refractivity contribution in [3.8, 4) is 9.75 Å². The third kappa shape index (κ3) is 9.78. The Labute approximate surface area is 353 Å². The quantitative estimate of drug-likeness (QED) is 0.158. The first-order chi connectivity index (χ1) is 27.1. The maximum Gasteiger partial charge on any atom is 0.185 e. The molecule has 0 saturated heterocycles. The van der Waals surface area contributed by atoms with E-state index in [4.69, 9.17) is 20.5 Å². The van der Waals surface area contributed by atoms with Crippen molar-refractivity contribution in [2.45, 2.75) is 95.2 Å². The molecule has 6 rings (SSSR count). The zero-order chi connectivity index (χ0) is 42.2. The Morgan fingerprint density at radius 2 is 0.724 bits per heavy atom. The molecule has 0 amide bonds. The van der Waals surface area contributed by atoms with Gasteiger partial charge < -0.3 is 0 Å². The third-order valence-corrected chi connectivity index (χ3v) is 13.1. The van der Waals surface area contributed by atoms with Crippen LogP contribution in [0, 0.1) is 33.5 Å². The van der Waals surface area contributed by atoms with Crippen molar-refractivity contribution in [3.05, 3.63) is 141 Å². The van der Waals surface area contributed by atoms with E-state index in [2.05, 4.69) is 132 Å². The van der Waals surface area contributed by atoms with Gasteiger partial charge in [0.05, 0.1) is 11.4 Å². The molecule has 2 aromatic heterocycles. The highest BCUT2D eigenvalue weighted by atomic mass is 32.1. The van der Waals surface area contributed by atoms with E-state index < -0.39 is 0 Å². The van der Waals surface area contributed by atoms with Crippen molar-refractivity contribution in [2.24, 2.45) is 54.0 Å². The minimum absolute atomic E-state index is 0.114. The Morgan fingerprint density at radius 3 is 1.00 bits per heavy atom. The SMILES string of the molecule is CC(C)(C)C1=CC(C(N=Nc2ccccc2)c2ccc(-c3ccc(C(N=Nc4ccccc4)C4C=C(C(C)(C)C)C(=O)C(C(C)(C)C)=C4)s3)s2)C=C(C(C)(C)C)C1=O. The normalized spacial score (nSPS) is 17.7. The number of allylic oxidation sites excluding steroid dienone is 4. The van der Waals surface area contributed by atoms with Gasteiger partial charge >= 0.3 is 0 Å². The van der Waals surface area contributed by atoms with Crippen LogP contribution in [-0.4, -0.2) is 11.6 Å². The Morgan fingerprint density at radius 1 is 0.431 bits per heavy atom. The first kappa shape index (κ1) is 42.9. The largest absolute Gasteiger partial charge is 0.289 e. The first-order valence-electron chi connectivity index (χ1n) is 20.2. The number of hydrogen-bond acceptors (Lipinski definition) is 8. The molecule has 0 radical (unpaired) electrons. The van der Waals surface area contributed by atoms with Crippen LogP contribution in [-0.2, 0) is 9.59 Å². The summed E-state index contributed by atoms with van der Waals surface area (Å²) in [5, 5.41) is 19.5. The van der Waals surface area contributed by atoms with Crippen molar-refractivity contribution in [1.82, 2.24) is 0 Å². The predicted octanol–water partition coefficient (Wildman–Crippen LogP) is 15.4. The van der Waals surface area contributed by atoms with E-state index in [1.807, 2.05) is 60.7 Å². The molecule has 8 heteroatoms. The van der Waals surface area contributed by atoms with Gasteiger partial charge in [0, 0.05) is 53.6 Å². The van der Waals surface area contributed by atoms with Gasteiger partial charge in [0.15, 0.2) is 11.6 Å². The lowest BCUT2D eigenvalue weighted by molar-refractivity contribution is -0.115. The second kappa shape index (κ2) is 16.5. The maximum absolute atomic E-state index is 13.9. The smallest absolute Gasteiger partial charge is 0.185 e. The molecule has 2 aliphatic rings. The average molecular weight is 811 g/mol. The first-order valence-corrected chi connectivity index (χ1v) is 21.8. The van der Waals surface area contributed by atoms with E-state index in [0.29, 0.717) is 0 Å². The highest BCUT2D eigenvalue weighted by Gasteiger charge is 2.39. The minimum atomic E-state index is -0.338. The summed E-state index contributed by atoms with van der Waals surface area (Å²) in [6, 6.07) is 27.6. The van der Waals surface area contributed by atoms with Gasteiger partial charge in [-0.25, -0.2) is 0 Å². The van der Waals surface area contributed by atoms with Gasteiger partial charge in [-0.3, -0.25) is 9.59 Å². The van der Waals surface area contributed by atoms with Crippen LogP contribution in [0.15, 0.2) is 152 Å². The standard InChI is InChI=1S/C50H58N4O2S2/c1-47(2,3)35-27-31(28-36(45(35)55)48(4,5)6)43(53-51-33-19-15-13-16-20-33)41-25-23-39(57-41)40-24-26-42(58-40)44(54-52-34-21-17-14-18-22-34)32-29-37(49(7,8)9)46(56)38(30-32)50(10,11)12/h13-32,43-44H,1-12H3. The van der Waals surface area contributed by atoms with Gasteiger partial charge in [-0.1, -0.05) is 144 Å². The predicted molar refractivity (Wildman–Crippen MR) is 242 cm³/mol. The molecule has 2 aliphatic carbocycles. The molecule has 58 heavy (non-hydrogen) atoms. The number of thiophene rings is 2. The molecule has 0 N–H and O–H groups in total. The average Bonchev–Trinajstić information content (AvgIpc) is 3.83. The number of Topliss-reactive ketones (excluding diaryl/α,β-unsaturated/α-hetero) is 2. The monoisotopic (exact) mass is 810 g/mol. The number of ketones is 2. The second-order valence-electron chi connectivity index (χ2n) is 19.5. The Balaban J connectivity index is 1.43. The van der Waals surface area contributed by atoms with E-state index in [9.17, 15) is 9.59 Å². The number of carbonyl (C=O) groups excluding carboxylic acids is 2. The Kier molecular flexibility index (Phi) is 12.2. The lowest BCUT2D eigenvalue weighted by Gasteiger charge is -2.34. The molecule has 6 nitrogen and oxygen atoms in total. The van der Waals surface area contributed by atoms with Crippen LogP contribution < -0.4 is 0 Å². The number of benzene rings is 2. The highest BCUT2D eigenvalue weighted by Crippen LogP contribution is 2.48. The zero-order valence-electron chi connectivity index (χ0n) is 36.1. The number of rotatable bonds is 9. The Bertz CT molecular complexity index is 2090. The van der Waals surface area contributed by atoms with Crippen LogP contribution >= 0.6 is 22.7 Å². The molecule has 302 valence electrons. The minimum Gasteiger partial charge on any atom is -0.289 e. The number of carbonyl (C=O) groups is 2. The van der Waals surface area contributed by atoms with E-state index in [-0.39, 0.29) is 57.1 Å². The van der Waals surface area contributed by atoms with E-state index in [0.717, 1.165) is 53.2 Å². The zero-order valence-corrected chi connectivity index (χ0v) is 37.8. The summed E-state index contributed by atoms with van der Waals surface area (Å²) in [7, 11) is 0. The summed E-state index contributed by atoms with van der Waals surface area (Å²) < 4.78 is 0. The molecule has 2 unspecified atom stereocenters. The summed E-state index contributed by atoms with van der Waals surface area (Å²) in [6.07, 6.45) is 8.52. The lowest BCUT2D eigenvalue weighted by Crippen LogP contribution is -2.30. The fourth-order valence-electron chi connectivity index (χ4n) is 7.37. The van der Waals surface area contributed by atoms with Gasteiger partial charge in [0.2, 0.25) is 0 Å². The van der Waals surface area contributed by atoms with Crippen LogP contribution in [0.5, 0.6) is 0 Å². The molecule has 4 aromatic rings. The van der Waals surface area contributed by atoms with Crippen LogP contribution in [0.25, 0.3) is 9.75 Å². The van der Waals surface area contributed by atoms with Crippen molar-refractivity contribution in [1.29, 1.82) is 0 Å². The van der Waals surface area contributed by atoms with Crippen LogP contribution in [0.4, 0.5) is 11.4 Å². The molecular weight excluding hydrogens is 753 g/mol. The van der Waals surface area contributed by atoms with Crippen molar-refractivity contribution in [2.75, 3.05) is 0 Å². The molecule has 0 saturated carbocycles. The fraction of sp³-hybridized carbons (Fsp3) is 0.400. The Hall–Kier alpha value is -4.66. The second-order valence-corrected chi connectivity index (χ2v) is 21.8. The van der Waals surface area contributed by atoms with Crippen molar-refractivity contribution >= 4 is 45.6 Å². The van der Waals surface area contributed by atoms with Gasteiger partial charge in [-0.15, -0.1) is 22.7 Å². The van der Waals surface area contributed by atoms with Gasteiger partial charge in [-0.05, 0) is 70.2 Å². The van der Waals surface area contributed by atoms with E-state index >= 15 is 0 Å². The van der Waals surface area contributed by atoms with E-state index in [1.165, 1.54) is 0 Å². The third-order valence-electron chi connectivity index (χ3n) is 10.6. The van der Waals surface area contributed by atoms with Crippen LogP contribution in [0.2, 0.25) is 0 Å². The lowest BCUT2D eigenvalue weighted by atomic mass is 9.70. The molecule has 0 fully saturated rings. The topological polar surface area (TPSA) is 83.6 Å². The summed E-state index contributed by atoms with van der Waals surface area (Å²) in [6.45, 7) is 25.3. The summed E-state index contributed by atoms with van der Waals surface area (Å²) in [5.74, 6) is -0.0989. The molecule has 0 bridgehead atoms. The van der Waals surface area contributed by atoms with Crippen LogP contribution in [0.3, 0.4) is 0 Å². The number of nitrogens with zero attached hydrogens (tertiary/aromatic N) is 4. The molecule has 0 aliphatic heterocycles. The molecule has 2 aromatic carbocycles. The highest BCUT2D eigenvalue weighted by molar-refractivity contribution is 7.22. The van der Waals surface area contributed by atoms with Crippen LogP contribution in [0.1, 0.15) is 105 Å². The summed E-state index contributed by atoms with van der Waals surface area (Å²) >= 11 is 3.42. The van der Waals surface area contributed by atoms with E-state index in [1.54, 1.807) is 22.7 Å². The molecular formula is C50H58N4O2S2. The summed E-state index contributed by atoms with van der Waals surface area (Å²) in [4.78, 5) is 32.2. The molecule has 2 atom stereocenters. The number of hydrogen-bond donors (Lipinski definition) is 0. The summed E-state index contributed by atoms with van der Waals surface area (Å²) in [5.41, 5.74) is 3.50. The van der Waals surface area contributed by atoms with Crippen molar-refractivity contribution in [3.63, 3.8) is 0 Å². The maximum atomic E-state index is 13.9. The molecule has 2 heterocycles. The van der Waals surface area contributed by atoms with Gasteiger partial charge in [-0.2, -0.15) is 20.5 Å². The van der Waals surface area contributed by atoms with Gasteiger partial charge in [0.1, 0.15) is 12.1 Å². The van der Waals surface area contributed by atoms with Gasteiger partial charge in [0.25, 0.3) is 0 Å². The number of azo groups is 2. The fourth-order valence-corrected chi connectivity index (χ4v) is 9.66.